The van der Waals surface area contributed by atoms with Gasteiger partial charge in [0.05, 0.1) is 11.4 Å². The minimum absolute atomic E-state index is 0.00534. The van der Waals surface area contributed by atoms with Crippen LogP contribution in [0, 0.1) is 6.92 Å². The molecule has 0 bridgehead atoms. The van der Waals surface area contributed by atoms with Crippen molar-refractivity contribution in [1.29, 1.82) is 0 Å². The number of para-hydroxylation sites is 1. The lowest BCUT2D eigenvalue weighted by atomic mass is 10.0. The molecule has 3 amide bonds. The highest BCUT2D eigenvalue weighted by atomic mass is 32.2. The molecule has 1 N–H and O–H groups in total. The zero-order valence-corrected chi connectivity index (χ0v) is 24.7. The van der Waals surface area contributed by atoms with Crippen LogP contribution in [0.25, 0.3) is 6.08 Å². The third kappa shape index (κ3) is 7.36. The van der Waals surface area contributed by atoms with Crippen molar-refractivity contribution < 1.29 is 31.7 Å². The van der Waals surface area contributed by atoms with Crippen LogP contribution in [-0.2, 0) is 19.7 Å². The molecule has 1 heterocycles. The smallest absolute Gasteiger partial charge is 0.339 e. The van der Waals surface area contributed by atoms with E-state index in [2.05, 4.69) is 19.2 Å². The standard InChI is InChI=1S/C30H30N2O7S2/c1-19(2)25-14-9-20(3)17-27(25)38-16-15-32-29(34)28(40-30(32)35)18-22-7-5-6-8-26(22)39-41(36,37)24-12-10-23(11-13-24)31-21(4)33/h5-14,17-19H,15-16H2,1-4H3,(H,31,33)/b28-18-. The fraction of sp³-hybridized carbons (Fsp3) is 0.233. The Morgan fingerprint density at radius 1 is 1.02 bits per heavy atom. The molecule has 4 rings (SSSR count). The summed E-state index contributed by atoms with van der Waals surface area (Å²) >= 11 is 0.766. The second-order valence-corrected chi connectivity index (χ2v) is 12.2. The predicted molar refractivity (Wildman–Crippen MR) is 158 cm³/mol. The molecule has 0 atom stereocenters. The molecule has 0 radical (unpaired) electrons. The summed E-state index contributed by atoms with van der Waals surface area (Å²) in [6.45, 7) is 7.64. The van der Waals surface area contributed by atoms with Gasteiger partial charge in [-0.05, 0) is 78.2 Å². The first-order valence-corrected chi connectivity index (χ1v) is 15.1. The average Bonchev–Trinajstić information content (AvgIpc) is 3.17. The highest BCUT2D eigenvalue weighted by Crippen LogP contribution is 2.35. The second-order valence-electron chi connectivity index (χ2n) is 9.66. The Hall–Kier alpha value is -4.09. The van der Waals surface area contributed by atoms with Crippen LogP contribution in [-0.4, -0.2) is 43.5 Å². The van der Waals surface area contributed by atoms with Gasteiger partial charge >= 0.3 is 10.1 Å². The molecule has 0 aliphatic carbocycles. The number of thioether (sulfide) groups is 1. The van der Waals surface area contributed by atoms with Crippen molar-refractivity contribution in [2.45, 2.75) is 38.5 Å². The summed E-state index contributed by atoms with van der Waals surface area (Å²) in [6.07, 6.45) is 1.44. The topological polar surface area (TPSA) is 119 Å². The van der Waals surface area contributed by atoms with Gasteiger partial charge in [0.15, 0.2) is 0 Å². The van der Waals surface area contributed by atoms with Crippen LogP contribution in [0.2, 0.25) is 0 Å². The van der Waals surface area contributed by atoms with E-state index in [1.807, 2.05) is 25.1 Å². The summed E-state index contributed by atoms with van der Waals surface area (Å²) in [5, 5.41) is 2.13. The Balaban J connectivity index is 1.47. The predicted octanol–water partition coefficient (Wildman–Crippen LogP) is 5.96. The molecular formula is C30H30N2O7S2. The van der Waals surface area contributed by atoms with Crippen molar-refractivity contribution in [3.05, 3.63) is 88.3 Å². The Bertz CT molecular complexity index is 1610. The van der Waals surface area contributed by atoms with E-state index < -0.39 is 21.3 Å². The van der Waals surface area contributed by atoms with E-state index in [1.165, 1.54) is 43.3 Å². The quantitative estimate of drug-likeness (QED) is 0.226. The van der Waals surface area contributed by atoms with E-state index in [0.29, 0.717) is 11.3 Å². The van der Waals surface area contributed by atoms with Crippen LogP contribution in [0.4, 0.5) is 10.5 Å². The normalized spacial score (nSPS) is 14.6. The number of nitrogens with zero attached hydrogens (tertiary/aromatic N) is 1. The molecule has 9 nitrogen and oxygen atoms in total. The fourth-order valence-electron chi connectivity index (χ4n) is 4.07. The SMILES string of the molecule is CC(=O)Nc1ccc(S(=O)(=O)Oc2ccccc2/C=C2\SC(=O)N(CCOc3cc(C)ccc3C(C)C)C2=O)cc1. The number of carbonyl (C=O) groups excluding carboxylic acids is 3. The van der Waals surface area contributed by atoms with Crippen LogP contribution in [0.3, 0.4) is 0 Å². The highest BCUT2D eigenvalue weighted by Gasteiger charge is 2.35. The number of hydrogen-bond acceptors (Lipinski definition) is 8. The van der Waals surface area contributed by atoms with E-state index >= 15 is 0 Å². The van der Waals surface area contributed by atoms with Crippen molar-refractivity contribution >= 4 is 50.7 Å². The van der Waals surface area contributed by atoms with Gasteiger partial charge < -0.3 is 14.2 Å². The zero-order chi connectivity index (χ0) is 29.7. The number of ether oxygens (including phenoxy) is 1. The van der Waals surface area contributed by atoms with E-state index in [9.17, 15) is 22.8 Å². The molecule has 1 aliphatic heterocycles. The Morgan fingerprint density at radius 2 is 1.73 bits per heavy atom. The number of carbonyl (C=O) groups is 3. The first kappa shape index (κ1) is 29.9. The first-order chi connectivity index (χ1) is 19.4. The Morgan fingerprint density at radius 3 is 2.41 bits per heavy atom. The number of anilines is 1. The zero-order valence-electron chi connectivity index (χ0n) is 23.0. The maximum Gasteiger partial charge on any atom is 0.339 e. The monoisotopic (exact) mass is 594 g/mol. The maximum absolute atomic E-state index is 13.1. The van der Waals surface area contributed by atoms with E-state index in [-0.39, 0.29) is 40.5 Å². The second kappa shape index (κ2) is 12.6. The van der Waals surface area contributed by atoms with Crippen molar-refractivity contribution in [2.75, 3.05) is 18.5 Å². The van der Waals surface area contributed by atoms with Gasteiger partial charge in [-0.25, -0.2) is 0 Å². The van der Waals surface area contributed by atoms with Crippen LogP contribution < -0.4 is 14.2 Å². The van der Waals surface area contributed by atoms with Gasteiger partial charge in [0.25, 0.3) is 11.1 Å². The van der Waals surface area contributed by atoms with Crippen LogP contribution in [0.5, 0.6) is 11.5 Å². The van der Waals surface area contributed by atoms with Gasteiger partial charge in [-0.3, -0.25) is 19.3 Å². The van der Waals surface area contributed by atoms with E-state index in [1.54, 1.807) is 18.2 Å². The molecule has 1 aliphatic rings. The molecule has 1 saturated heterocycles. The average molecular weight is 595 g/mol. The number of nitrogens with one attached hydrogen (secondary N) is 1. The molecule has 3 aromatic carbocycles. The lowest BCUT2D eigenvalue weighted by Gasteiger charge is -2.17. The minimum atomic E-state index is -4.23. The molecular weight excluding hydrogens is 564 g/mol. The fourth-order valence-corrected chi connectivity index (χ4v) is 5.88. The van der Waals surface area contributed by atoms with Crippen molar-refractivity contribution in [3.8, 4) is 11.5 Å². The van der Waals surface area contributed by atoms with Gasteiger partial charge in [0.1, 0.15) is 23.0 Å². The van der Waals surface area contributed by atoms with E-state index in [0.717, 1.165) is 33.5 Å². The molecule has 3 aromatic rings. The lowest BCUT2D eigenvalue weighted by Crippen LogP contribution is -2.32. The Labute approximate surface area is 243 Å². The summed E-state index contributed by atoms with van der Waals surface area (Å²) < 4.78 is 37.2. The molecule has 214 valence electrons. The maximum atomic E-state index is 13.1. The summed E-state index contributed by atoms with van der Waals surface area (Å²) in [7, 11) is -4.23. The first-order valence-electron chi connectivity index (χ1n) is 12.8. The number of imide groups is 1. The number of rotatable bonds is 10. The summed E-state index contributed by atoms with van der Waals surface area (Å²) in [6, 6.07) is 17.8. The molecule has 1 fully saturated rings. The third-order valence-electron chi connectivity index (χ3n) is 6.11. The van der Waals surface area contributed by atoms with Crippen LogP contribution >= 0.6 is 11.8 Å². The summed E-state index contributed by atoms with van der Waals surface area (Å²) in [4.78, 5) is 38.1. The molecule has 41 heavy (non-hydrogen) atoms. The van der Waals surface area contributed by atoms with Gasteiger partial charge in [-0.15, -0.1) is 0 Å². The molecule has 0 unspecified atom stereocenters. The third-order valence-corrected chi connectivity index (χ3v) is 8.26. The van der Waals surface area contributed by atoms with Crippen molar-refractivity contribution in [3.63, 3.8) is 0 Å². The minimum Gasteiger partial charge on any atom is -0.491 e. The number of hydrogen-bond donors (Lipinski definition) is 1. The Kier molecular flexibility index (Phi) is 9.19. The number of aryl methyl sites for hydroxylation is 1. The molecule has 11 heteroatoms. The molecule has 0 aromatic heterocycles. The summed E-state index contributed by atoms with van der Waals surface area (Å²) in [5.74, 6) is 0.186. The van der Waals surface area contributed by atoms with Crippen LogP contribution in [0.15, 0.2) is 76.5 Å². The lowest BCUT2D eigenvalue weighted by molar-refractivity contribution is -0.123. The molecule has 0 spiro atoms. The van der Waals surface area contributed by atoms with Gasteiger partial charge in [0, 0.05) is 18.2 Å². The molecule has 0 saturated carbocycles. The van der Waals surface area contributed by atoms with Crippen LogP contribution in [0.1, 0.15) is 43.4 Å². The number of benzene rings is 3. The van der Waals surface area contributed by atoms with Crippen molar-refractivity contribution in [2.24, 2.45) is 0 Å². The van der Waals surface area contributed by atoms with Gasteiger partial charge in [0.2, 0.25) is 5.91 Å². The largest absolute Gasteiger partial charge is 0.491 e. The number of amides is 3. The highest BCUT2D eigenvalue weighted by molar-refractivity contribution is 8.18. The summed E-state index contributed by atoms with van der Waals surface area (Å²) in [5.41, 5.74) is 2.84. The van der Waals surface area contributed by atoms with Crippen molar-refractivity contribution in [1.82, 2.24) is 4.90 Å². The van der Waals surface area contributed by atoms with E-state index in [4.69, 9.17) is 8.92 Å². The van der Waals surface area contributed by atoms with Gasteiger partial charge in [-0.1, -0.05) is 44.2 Å². The van der Waals surface area contributed by atoms with Gasteiger partial charge in [-0.2, -0.15) is 8.42 Å².